The quantitative estimate of drug-likeness (QED) is 0.0333. The maximum absolute atomic E-state index is 13.8. The topological polar surface area (TPSA) is 534 Å². The molecule has 2 aromatic carbocycles. The van der Waals surface area contributed by atoms with Crippen LogP contribution in [0.25, 0.3) is 0 Å². The number of halogens is 2. The van der Waals surface area contributed by atoms with Gasteiger partial charge in [-0.3, -0.25) is 38.6 Å². The fourth-order valence-corrected chi connectivity index (χ4v) is 4.89. The predicted octanol–water partition coefficient (Wildman–Crippen LogP) is -8.66. The number of guanidine groups is 4. The number of aliphatic hydroxyl groups excluding tert-OH is 1. The number of rotatable bonds is 20. The lowest BCUT2D eigenvalue weighted by Gasteiger charge is -2.24. The van der Waals surface area contributed by atoms with Crippen molar-refractivity contribution in [2.45, 2.75) is 43.1 Å². The average molecular weight is 909 g/mol. The first-order valence-corrected chi connectivity index (χ1v) is 17.7. The number of carbonyl (C=O) groups excluding carboxylic acids is 7. The summed E-state index contributed by atoms with van der Waals surface area (Å²) in [5, 5.41) is 23.2. The number of benzene rings is 2. The van der Waals surface area contributed by atoms with E-state index < -0.39 is 108 Å². The van der Waals surface area contributed by atoms with Crippen molar-refractivity contribution in [1.29, 1.82) is 0 Å². The van der Waals surface area contributed by atoms with Gasteiger partial charge in [-0.25, -0.2) is 20.0 Å². The molecule has 27 N–H and O–H groups in total. The molecular weight excluding hydrogens is 865 g/mol. The molecule has 0 fully saturated rings. The number of hydrogen-bond acceptors (Lipinski definition) is 14. The van der Waals surface area contributed by atoms with Gasteiger partial charge in [0.05, 0.1) is 10.0 Å². The standard InChI is InChI=1S/C31H43Cl2N21O8/c32-12-7-4-8-13(33)11(12)9-44-26(61)27(62)45-14(10-5-2-1-3-6-10)21(56)47-18(52-29(38)39)23(58)49-20(54-31(42)43)25(60)50-19(53-30(40)41)24(59)48-17(51-28(36)37)22(57)46-15(34)16(35)55/h1-9,14-15,17-20,26,61H,34H2,(H2,35,55)(H,45,62)(H,46,57)(H,47,56)(H,48,59)(H,49,58)(H,50,60)(H4,36,37,51)(H4,38,39,52)(H4,40,41,53)(H4,42,43,54). The van der Waals surface area contributed by atoms with Gasteiger partial charge in [-0.15, -0.1) is 0 Å². The maximum atomic E-state index is 13.8. The lowest BCUT2D eigenvalue weighted by Crippen LogP contribution is -2.60. The van der Waals surface area contributed by atoms with Gasteiger partial charge in [0.2, 0.25) is 36.8 Å². The molecule has 29 nitrogen and oxygen atoms in total. The molecule has 0 heterocycles. The van der Waals surface area contributed by atoms with Crippen LogP contribution >= 0.6 is 23.2 Å². The van der Waals surface area contributed by atoms with Crippen LogP contribution in [0.15, 0.2) is 73.5 Å². The predicted molar refractivity (Wildman–Crippen MR) is 224 cm³/mol. The van der Waals surface area contributed by atoms with Gasteiger partial charge in [0.25, 0.3) is 35.4 Å². The summed E-state index contributed by atoms with van der Waals surface area (Å²) >= 11 is 12.2. The molecule has 7 amide bonds. The van der Waals surface area contributed by atoms with Crippen LogP contribution in [0.5, 0.6) is 0 Å². The van der Waals surface area contributed by atoms with E-state index in [0.29, 0.717) is 0 Å². The Labute approximate surface area is 359 Å². The van der Waals surface area contributed by atoms with Gasteiger partial charge in [-0.2, -0.15) is 0 Å². The number of nitrogens with two attached hydrogens (primary N) is 10. The molecule has 0 saturated heterocycles. The van der Waals surface area contributed by atoms with Gasteiger partial charge in [0, 0.05) is 11.8 Å². The molecule has 2 rings (SSSR count). The molecule has 0 spiro atoms. The Morgan fingerprint density at radius 3 is 1.26 bits per heavy atom. The van der Waals surface area contributed by atoms with Crippen molar-refractivity contribution in [2.24, 2.45) is 82.3 Å². The molecule has 7 unspecified atom stereocenters. The fourth-order valence-electron chi connectivity index (χ4n) is 4.39. The molecule has 0 aromatic heterocycles. The molecule has 31 heteroatoms. The summed E-state index contributed by atoms with van der Waals surface area (Å²) in [5.41, 5.74) is 54.2. The van der Waals surface area contributed by atoms with E-state index in [4.69, 9.17) is 80.5 Å². The van der Waals surface area contributed by atoms with Gasteiger partial charge in [-0.1, -0.05) is 59.6 Å². The highest BCUT2D eigenvalue weighted by molar-refractivity contribution is 6.38. The minimum Gasteiger partial charge on any atom is -0.370 e. The Balaban J connectivity index is 2.40. The van der Waals surface area contributed by atoms with Crippen molar-refractivity contribution >= 4 is 94.6 Å². The Morgan fingerprint density at radius 1 is 0.516 bits per heavy atom. The van der Waals surface area contributed by atoms with E-state index in [9.17, 15) is 38.7 Å². The monoisotopic (exact) mass is 907 g/mol. The molecule has 0 aliphatic carbocycles. The first kappa shape index (κ1) is 50.1. The van der Waals surface area contributed by atoms with E-state index in [1.165, 1.54) is 36.4 Å². The Bertz CT molecular complexity index is 2120. The zero-order chi connectivity index (χ0) is 46.8. The molecule has 7 atom stereocenters. The average Bonchev–Trinajstić information content (AvgIpc) is 3.17. The maximum Gasteiger partial charge on any atom is 0.272 e. The van der Waals surface area contributed by atoms with Crippen molar-refractivity contribution < 1.29 is 38.7 Å². The highest BCUT2D eigenvalue weighted by Gasteiger charge is 2.34. The van der Waals surface area contributed by atoms with Gasteiger partial charge in [0.15, 0.2) is 30.0 Å². The summed E-state index contributed by atoms with van der Waals surface area (Å²) < 4.78 is 0. The third kappa shape index (κ3) is 16.3. The highest BCUT2D eigenvalue weighted by atomic mass is 35.5. The second kappa shape index (κ2) is 23.5. The number of nitrogens with one attached hydrogen (secondary N) is 6. The van der Waals surface area contributed by atoms with E-state index in [-0.39, 0.29) is 21.2 Å². The summed E-state index contributed by atoms with van der Waals surface area (Å²) in [6.07, 6.45) is -11.3. The lowest BCUT2D eigenvalue weighted by molar-refractivity contribution is -0.136. The third-order valence-corrected chi connectivity index (χ3v) is 7.75. The van der Waals surface area contributed by atoms with E-state index in [0.717, 1.165) is 6.21 Å². The van der Waals surface area contributed by atoms with Gasteiger partial charge < -0.3 is 94.3 Å². The van der Waals surface area contributed by atoms with Crippen LogP contribution in [0, 0.1) is 0 Å². The summed E-state index contributed by atoms with van der Waals surface area (Å²) in [5.74, 6) is -12.2. The van der Waals surface area contributed by atoms with Crippen LogP contribution < -0.4 is 89.2 Å². The Hall–Kier alpha value is -8.02. The molecular formula is C31H43Cl2N21O8. The van der Waals surface area contributed by atoms with Crippen LogP contribution in [0.4, 0.5) is 0 Å². The number of aliphatic imine (C=N–C) groups is 5. The van der Waals surface area contributed by atoms with Crippen LogP contribution in [-0.4, -0.2) is 114 Å². The second-order valence-electron chi connectivity index (χ2n) is 11.9. The van der Waals surface area contributed by atoms with E-state index in [1.807, 2.05) is 21.3 Å². The highest BCUT2D eigenvalue weighted by Crippen LogP contribution is 2.22. The van der Waals surface area contributed by atoms with Crippen LogP contribution in [0.3, 0.4) is 0 Å². The SMILES string of the molecule is NC(=O)C(N)NC(=O)C(N=C(N)N)NC(=O)C(N=C(N)N)NC(=O)C(N=C(N)N)NC(=O)C(N=C(N)N)NC(=O)C(NC(=O)C(O)N=Cc1c(Cl)cccc1Cl)c1ccccc1. The molecule has 0 radical (unpaired) electrons. The molecule has 2 aromatic rings. The third-order valence-electron chi connectivity index (χ3n) is 7.09. The van der Waals surface area contributed by atoms with E-state index >= 15 is 0 Å². The molecule has 0 saturated carbocycles. The number of carbonyl (C=O) groups is 7. The van der Waals surface area contributed by atoms with Crippen molar-refractivity contribution in [1.82, 2.24) is 31.9 Å². The van der Waals surface area contributed by atoms with Crippen molar-refractivity contribution in [3.8, 4) is 0 Å². The van der Waals surface area contributed by atoms with Crippen molar-refractivity contribution in [3.05, 3.63) is 69.7 Å². The summed E-state index contributed by atoms with van der Waals surface area (Å²) in [6.45, 7) is 0. The van der Waals surface area contributed by atoms with Gasteiger partial charge in [0.1, 0.15) is 6.04 Å². The first-order valence-electron chi connectivity index (χ1n) is 16.9. The number of aliphatic hydroxyl groups is 1. The molecule has 0 aliphatic rings. The normalized spacial score (nSPS) is 14.0. The Morgan fingerprint density at radius 2 is 0.887 bits per heavy atom. The molecule has 62 heavy (non-hydrogen) atoms. The largest absolute Gasteiger partial charge is 0.370 e. The van der Waals surface area contributed by atoms with Crippen molar-refractivity contribution in [2.75, 3.05) is 0 Å². The minimum atomic E-state index is -2.19. The van der Waals surface area contributed by atoms with Crippen molar-refractivity contribution in [3.63, 3.8) is 0 Å². The zero-order valence-corrected chi connectivity index (χ0v) is 33.3. The van der Waals surface area contributed by atoms with Gasteiger partial charge in [-0.05, 0) is 17.7 Å². The van der Waals surface area contributed by atoms with Crippen LogP contribution in [0.1, 0.15) is 17.2 Å². The summed E-state index contributed by atoms with van der Waals surface area (Å²) in [6, 6.07) is 10.2. The van der Waals surface area contributed by atoms with E-state index in [2.05, 4.69) is 35.6 Å². The number of hydrogen-bond donors (Lipinski definition) is 17. The summed E-state index contributed by atoms with van der Waals surface area (Å²) in [4.78, 5) is 109. The molecule has 0 bridgehead atoms. The molecule has 0 aliphatic heterocycles. The lowest BCUT2D eigenvalue weighted by atomic mass is 10.1. The van der Waals surface area contributed by atoms with Gasteiger partial charge >= 0.3 is 0 Å². The zero-order valence-electron chi connectivity index (χ0n) is 31.8. The smallest absolute Gasteiger partial charge is 0.272 e. The first-order chi connectivity index (χ1) is 29.0. The fraction of sp³-hybridized carbons (Fsp3) is 0.226. The van der Waals surface area contributed by atoms with Crippen LogP contribution in [0.2, 0.25) is 10.0 Å². The second-order valence-corrected chi connectivity index (χ2v) is 12.7. The van der Waals surface area contributed by atoms with E-state index in [1.54, 1.807) is 12.1 Å². The minimum absolute atomic E-state index is 0.115. The molecule has 334 valence electrons. The summed E-state index contributed by atoms with van der Waals surface area (Å²) in [7, 11) is 0. The van der Waals surface area contributed by atoms with Crippen LogP contribution in [-0.2, 0) is 33.6 Å². The number of amides is 7. The number of primary amides is 1. The Kier molecular flexibility index (Phi) is 19.0. The number of nitrogens with zero attached hydrogens (tertiary/aromatic N) is 5.